The van der Waals surface area contributed by atoms with Gasteiger partial charge in [0.25, 0.3) is 0 Å². The summed E-state index contributed by atoms with van der Waals surface area (Å²) in [5.74, 6) is 1.83. The number of allylic oxidation sites excluding steroid dienone is 1. The van der Waals surface area contributed by atoms with Crippen LogP contribution in [0.5, 0.6) is 11.5 Å². The number of rotatable bonds is 9. The Kier molecular flexibility index (Phi) is 8.48. The van der Waals surface area contributed by atoms with Crippen molar-refractivity contribution in [3.8, 4) is 11.5 Å². The molecule has 2 heterocycles. The number of aromatic nitrogens is 3. The molecule has 0 radical (unpaired) electrons. The molecule has 0 amide bonds. The number of halogens is 2. The third-order valence-corrected chi connectivity index (χ3v) is 7.34. The topological polar surface area (TPSA) is 87.5 Å². The Labute approximate surface area is 227 Å². The standard InChI is InChI=1S/C25H26BrClN4O4S/c1-5-34-22-17(26)11-16(12-19(22)33-4)21-20(23(32)35-6-2)14(3)28-24-29-25(30-31(21)24)36-13-15-9-7-8-10-18(15)27/h7-12,21H,5-6,13H2,1-4H3,(H,28,29,30). The van der Waals surface area contributed by atoms with Gasteiger partial charge in [0.1, 0.15) is 6.04 Å². The van der Waals surface area contributed by atoms with Crippen LogP contribution in [0.15, 0.2) is 57.3 Å². The first-order chi connectivity index (χ1) is 17.4. The monoisotopic (exact) mass is 592 g/mol. The molecule has 1 aromatic heterocycles. The highest BCUT2D eigenvalue weighted by atomic mass is 79.9. The Morgan fingerprint density at radius 2 is 2.03 bits per heavy atom. The second-order valence-corrected chi connectivity index (χ2v) is 10.0. The van der Waals surface area contributed by atoms with Gasteiger partial charge in [-0.05, 0) is 66.0 Å². The van der Waals surface area contributed by atoms with Gasteiger partial charge >= 0.3 is 5.97 Å². The van der Waals surface area contributed by atoms with Crippen molar-refractivity contribution in [1.82, 2.24) is 14.8 Å². The van der Waals surface area contributed by atoms with Crippen LogP contribution in [0.1, 0.15) is 37.9 Å². The molecule has 1 aliphatic heterocycles. The van der Waals surface area contributed by atoms with Crippen LogP contribution in [-0.4, -0.2) is 41.1 Å². The number of anilines is 1. The molecule has 190 valence electrons. The maximum atomic E-state index is 13.1. The van der Waals surface area contributed by atoms with Crippen molar-refractivity contribution in [2.75, 3.05) is 25.6 Å². The van der Waals surface area contributed by atoms with Crippen LogP contribution in [0.25, 0.3) is 0 Å². The molecule has 2 aromatic carbocycles. The minimum atomic E-state index is -0.594. The number of nitrogens with one attached hydrogen (secondary N) is 1. The fraction of sp³-hybridized carbons (Fsp3) is 0.320. The number of hydrogen-bond acceptors (Lipinski definition) is 8. The smallest absolute Gasteiger partial charge is 0.338 e. The molecular weight excluding hydrogens is 568 g/mol. The van der Waals surface area contributed by atoms with E-state index in [9.17, 15) is 4.79 Å². The molecule has 0 fully saturated rings. The van der Waals surface area contributed by atoms with E-state index in [1.54, 1.807) is 18.7 Å². The van der Waals surface area contributed by atoms with Gasteiger partial charge in [-0.1, -0.05) is 41.6 Å². The van der Waals surface area contributed by atoms with Gasteiger partial charge in [0.2, 0.25) is 11.1 Å². The van der Waals surface area contributed by atoms with Crippen LogP contribution < -0.4 is 14.8 Å². The van der Waals surface area contributed by atoms with Crippen LogP contribution >= 0.6 is 39.3 Å². The predicted octanol–water partition coefficient (Wildman–Crippen LogP) is 6.25. The van der Waals surface area contributed by atoms with E-state index < -0.39 is 12.0 Å². The summed E-state index contributed by atoms with van der Waals surface area (Å²) < 4.78 is 19.2. The molecule has 1 atom stereocenters. The van der Waals surface area contributed by atoms with Crippen molar-refractivity contribution >= 4 is 51.2 Å². The average Bonchev–Trinajstić information content (AvgIpc) is 3.26. The Hall–Kier alpha value is -2.69. The molecule has 0 spiro atoms. The molecule has 11 heteroatoms. The lowest BCUT2D eigenvalue weighted by Crippen LogP contribution is -2.29. The molecular formula is C25H26BrClN4O4S. The van der Waals surface area contributed by atoms with Crippen LogP contribution in [0.3, 0.4) is 0 Å². The summed E-state index contributed by atoms with van der Waals surface area (Å²) in [6, 6.07) is 10.8. The average molecular weight is 594 g/mol. The van der Waals surface area contributed by atoms with Crippen LogP contribution in [0, 0.1) is 0 Å². The highest BCUT2D eigenvalue weighted by molar-refractivity contribution is 9.10. The lowest BCUT2D eigenvalue weighted by Gasteiger charge is -2.28. The van der Waals surface area contributed by atoms with Crippen LogP contribution in [0.4, 0.5) is 5.95 Å². The molecule has 4 rings (SSSR count). The second-order valence-electron chi connectivity index (χ2n) is 7.80. The molecule has 0 saturated carbocycles. The van der Waals surface area contributed by atoms with E-state index in [-0.39, 0.29) is 6.61 Å². The highest BCUT2D eigenvalue weighted by Crippen LogP contribution is 2.43. The summed E-state index contributed by atoms with van der Waals surface area (Å²) in [7, 11) is 1.58. The Morgan fingerprint density at radius 3 is 2.72 bits per heavy atom. The minimum Gasteiger partial charge on any atom is -0.493 e. The Morgan fingerprint density at radius 1 is 1.25 bits per heavy atom. The van der Waals surface area contributed by atoms with Gasteiger partial charge in [0.15, 0.2) is 11.5 Å². The molecule has 3 aromatic rings. The van der Waals surface area contributed by atoms with Crippen molar-refractivity contribution < 1.29 is 19.0 Å². The van der Waals surface area contributed by atoms with Gasteiger partial charge in [-0.25, -0.2) is 9.48 Å². The SMILES string of the molecule is CCOC(=O)C1=C(C)Nc2nc(SCc3ccccc3Cl)nn2C1c1cc(Br)c(OCC)c(OC)c1. The summed E-state index contributed by atoms with van der Waals surface area (Å²) >= 11 is 11.4. The zero-order chi connectivity index (χ0) is 25.8. The summed E-state index contributed by atoms with van der Waals surface area (Å²) in [5, 5.41) is 9.22. The quantitative estimate of drug-likeness (QED) is 0.230. The van der Waals surface area contributed by atoms with Crippen molar-refractivity contribution in [3.63, 3.8) is 0 Å². The molecule has 1 N–H and O–H groups in total. The molecule has 8 nitrogen and oxygen atoms in total. The van der Waals surface area contributed by atoms with E-state index >= 15 is 0 Å². The number of thioether (sulfide) groups is 1. The van der Waals surface area contributed by atoms with Gasteiger partial charge < -0.3 is 19.5 Å². The highest BCUT2D eigenvalue weighted by Gasteiger charge is 2.36. The molecule has 0 aliphatic carbocycles. The van der Waals surface area contributed by atoms with Gasteiger partial charge in [0.05, 0.1) is 30.4 Å². The fourth-order valence-corrected chi connectivity index (χ4v) is 5.60. The number of nitrogens with zero attached hydrogens (tertiary/aromatic N) is 3. The lowest BCUT2D eigenvalue weighted by atomic mass is 9.95. The molecule has 1 unspecified atom stereocenters. The van der Waals surface area contributed by atoms with Gasteiger partial charge in [0, 0.05) is 16.5 Å². The number of ether oxygens (including phenoxy) is 3. The number of carbonyl (C=O) groups is 1. The van der Waals surface area contributed by atoms with E-state index in [2.05, 4.69) is 26.2 Å². The summed E-state index contributed by atoms with van der Waals surface area (Å²) in [5.41, 5.74) is 2.84. The number of hydrogen-bond donors (Lipinski definition) is 1. The summed E-state index contributed by atoms with van der Waals surface area (Å²) in [4.78, 5) is 17.8. The first-order valence-electron chi connectivity index (χ1n) is 11.4. The second kappa shape index (κ2) is 11.6. The normalized spacial score (nSPS) is 14.8. The molecule has 0 bridgehead atoms. The Balaban J connectivity index is 1.77. The number of carbonyl (C=O) groups excluding carboxylic acids is 1. The number of esters is 1. The Bertz CT molecular complexity index is 1310. The van der Waals surface area contributed by atoms with Crippen LogP contribution in [0.2, 0.25) is 5.02 Å². The van der Waals surface area contributed by atoms with Gasteiger partial charge in [-0.15, -0.1) is 5.10 Å². The van der Waals surface area contributed by atoms with E-state index in [0.717, 1.165) is 11.1 Å². The molecule has 0 saturated heterocycles. The van der Waals surface area contributed by atoms with Crippen molar-refractivity contribution in [3.05, 3.63) is 68.3 Å². The third-order valence-electron chi connectivity index (χ3n) is 5.50. The van der Waals surface area contributed by atoms with Gasteiger partial charge in [-0.2, -0.15) is 4.98 Å². The van der Waals surface area contributed by atoms with Gasteiger partial charge in [-0.3, -0.25) is 0 Å². The first kappa shape index (κ1) is 26.4. The van der Waals surface area contributed by atoms with E-state index in [1.807, 2.05) is 50.2 Å². The van der Waals surface area contributed by atoms with Crippen molar-refractivity contribution in [1.29, 1.82) is 0 Å². The van der Waals surface area contributed by atoms with E-state index in [4.69, 9.17) is 30.9 Å². The lowest BCUT2D eigenvalue weighted by molar-refractivity contribution is -0.139. The number of benzene rings is 2. The fourth-order valence-electron chi connectivity index (χ4n) is 3.91. The maximum absolute atomic E-state index is 13.1. The minimum absolute atomic E-state index is 0.252. The molecule has 1 aliphatic rings. The third kappa shape index (κ3) is 5.35. The van der Waals surface area contributed by atoms with Crippen molar-refractivity contribution in [2.45, 2.75) is 37.7 Å². The summed E-state index contributed by atoms with van der Waals surface area (Å²) in [6.45, 7) is 6.24. The zero-order valence-corrected chi connectivity index (χ0v) is 23.5. The predicted molar refractivity (Wildman–Crippen MR) is 144 cm³/mol. The number of fused-ring (bicyclic) bond motifs is 1. The van der Waals surface area contributed by atoms with Crippen LogP contribution in [-0.2, 0) is 15.3 Å². The summed E-state index contributed by atoms with van der Waals surface area (Å²) in [6.07, 6.45) is 0. The van der Waals surface area contributed by atoms with E-state index in [0.29, 0.717) is 55.7 Å². The zero-order valence-electron chi connectivity index (χ0n) is 20.3. The first-order valence-corrected chi connectivity index (χ1v) is 13.5. The largest absolute Gasteiger partial charge is 0.493 e. The van der Waals surface area contributed by atoms with Crippen molar-refractivity contribution in [2.24, 2.45) is 0 Å². The number of methoxy groups -OCH3 is 1. The van der Waals surface area contributed by atoms with E-state index in [1.165, 1.54) is 11.8 Å². The maximum Gasteiger partial charge on any atom is 0.338 e. The molecule has 36 heavy (non-hydrogen) atoms.